The predicted molar refractivity (Wildman–Crippen MR) is 63.8 cm³/mol. The standard InChI is InChI=1S/C12H16N2O2/c1-12(2)7-14(3)10-6-8(15)4-5-9(10)13-11(12)16/h4-6,15H,7H2,1-3H3,(H,13,16). The number of phenolic OH excluding ortho intramolecular Hbond substituents is 1. The number of benzene rings is 1. The first-order valence-electron chi connectivity index (χ1n) is 5.26. The topological polar surface area (TPSA) is 52.6 Å². The number of carbonyl (C=O) groups excluding carboxylic acids is 1. The van der Waals surface area contributed by atoms with Crippen LogP contribution in [-0.2, 0) is 4.79 Å². The molecule has 0 unspecified atom stereocenters. The average molecular weight is 220 g/mol. The third kappa shape index (κ3) is 1.71. The largest absolute Gasteiger partial charge is 0.508 e. The van der Waals surface area contributed by atoms with E-state index in [-0.39, 0.29) is 11.7 Å². The van der Waals surface area contributed by atoms with Crippen molar-refractivity contribution in [3.63, 3.8) is 0 Å². The number of nitrogens with zero attached hydrogens (tertiary/aromatic N) is 1. The lowest BCUT2D eigenvalue weighted by Gasteiger charge is -2.26. The van der Waals surface area contributed by atoms with Gasteiger partial charge in [0, 0.05) is 19.7 Å². The minimum absolute atomic E-state index is 0.00351. The van der Waals surface area contributed by atoms with Gasteiger partial charge in [-0.05, 0) is 26.0 Å². The highest BCUT2D eigenvalue weighted by atomic mass is 16.3. The van der Waals surface area contributed by atoms with Gasteiger partial charge in [0.05, 0.1) is 16.8 Å². The molecule has 1 aromatic carbocycles. The second kappa shape index (κ2) is 3.40. The molecular weight excluding hydrogens is 204 g/mol. The molecule has 0 radical (unpaired) electrons. The molecule has 86 valence electrons. The van der Waals surface area contributed by atoms with Gasteiger partial charge in [-0.25, -0.2) is 0 Å². The number of fused-ring (bicyclic) bond motifs is 1. The van der Waals surface area contributed by atoms with Crippen LogP contribution in [0.2, 0.25) is 0 Å². The molecule has 2 rings (SSSR count). The van der Waals surface area contributed by atoms with E-state index in [1.807, 2.05) is 25.8 Å². The molecule has 0 atom stereocenters. The quantitative estimate of drug-likeness (QED) is 0.655. The van der Waals surface area contributed by atoms with E-state index in [2.05, 4.69) is 5.32 Å². The molecule has 0 bridgehead atoms. The number of aromatic hydroxyl groups is 1. The summed E-state index contributed by atoms with van der Waals surface area (Å²) >= 11 is 0. The average Bonchev–Trinajstić information content (AvgIpc) is 2.26. The van der Waals surface area contributed by atoms with Crippen LogP contribution in [0.4, 0.5) is 11.4 Å². The van der Waals surface area contributed by atoms with E-state index >= 15 is 0 Å². The van der Waals surface area contributed by atoms with Crippen LogP contribution in [0, 0.1) is 5.41 Å². The number of carbonyl (C=O) groups is 1. The summed E-state index contributed by atoms with van der Waals surface area (Å²) in [4.78, 5) is 13.9. The van der Waals surface area contributed by atoms with Gasteiger partial charge in [-0.2, -0.15) is 0 Å². The van der Waals surface area contributed by atoms with Gasteiger partial charge < -0.3 is 15.3 Å². The van der Waals surface area contributed by atoms with Crippen LogP contribution in [0.25, 0.3) is 0 Å². The summed E-state index contributed by atoms with van der Waals surface area (Å²) in [5, 5.41) is 12.3. The van der Waals surface area contributed by atoms with Crippen molar-refractivity contribution in [1.82, 2.24) is 0 Å². The monoisotopic (exact) mass is 220 g/mol. The van der Waals surface area contributed by atoms with Crippen LogP contribution in [0.1, 0.15) is 13.8 Å². The number of phenols is 1. The third-order valence-electron chi connectivity index (χ3n) is 2.89. The lowest BCUT2D eigenvalue weighted by Crippen LogP contribution is -2.37. The Hall–Kier alpha value is -1.71. The SMILES string of the molecule is CN1CC(C)(C)C(=O)Nc2ccc(O)cc21. The van der Waals surface area contributed by atoms with E-state index in [0.717, 1.165) is 11.4 Å². The maximum atomic E-state index is 11.9. The van der Waals surface area contributed by atoms with Crippen molar-refractivity contribution in [2.45, 2.75) is 13.8 Å². The Morgan fingerprint density at radius 1 is 1.44 bits per heavy atom. The minimum Gasteiger partial charge on any atom is -0.508 e. The van der Waals surface area contributed by atoms with Gasteiger partial charge in [0.15, 0.2) is 0 Å². The summed E-state index contributed by atoms with van der Waals surface area (Å²) < 4.78 is 0. The molecule has 1 aromatic rings. The summed E-state index contributed by atoms with van der Waals surface area (Å²) in [6.45, 7) is 4.43. The predicted octanol–water partition coefficient (Wildman–Crippen LogP) is 1.81. The summed E-state index contributed by atoms with van der Waals surface area (Å²) in [5.41, 5.74) is 1.15. The summed E-state index contributed by atoms with van der Waals surface area (Å²) in [7, 11) is 1.92. The molecule has 0 spiro atoms. The molecule has 0 aliphatic carbocycles. The molecule has 0 fully saturated rings. The molecule has 1 heterocycles. The molecule has 0 saturated heterocycles. The molecule has 1 amide bonds. The van der Waals surface area contributed by atoms with Gasteiger partial charge in [-0.1, -0.05) is 0 Å². The molecule has 0 saturated carbocycles. The van der Waals surface area contributed by atoms with Crippen LogP contribution < -0.4 is 10.2 Å². The Kier molecular flexibility index (Phi) is 2.30. The number of rotatable bonds is 0. The van der Waals surface area contributed by atoms with Crippen molar-refractivity contribution in [2.75, 3.05) is 23.8 Å². The zero-order valence-corrected chi connectivity index (χ0v) is 9.74. The summed E-state index contributed by atoms with van der Waals surface area (Å²) in [5.74, 6) is 0.211. The highest BCUT2D eigenvalue weighted by Gasteiger charge is 2.33. The van der Waals surface area contributed by atoms with E-state index < -0.39 is 5.41 Å². The van der Waals surface area contributed by atoms with Gasteiger partial charge in [0.25, 0.3) is 0 Å². The lowest BCUT2D eigenvalue weighted by molar-refractivity contribution is -0.123. The number of hydrogen-bond donors (Lipinski definition) is 2. The lowest BCUT2D eigenvalue weighted by atomic mass is 9.92. The molecule has 4 nitrogen and oxygen atoms in total. The number of hydrogen-bond acceptors (Lipinski definition) is 3. The summed E-state index contributed by atoms with van der Waals surface area (Å²) in [6, 6.07) is 4.96. The fourth-order valence-corrected chi connectivity index (χ4v) is 1.98. The van der Waals surface area contributed by atoms with Gasteiger partial charge in [-0.15, -0.1) is 0 Å². The highest BCUT2D eigenvalue weighted by molar-refractivity contribution is 5.99. The van der Waals surface area contributed by atoms with E-state index in [1.54, 1.807) is 18.2 Å². The van der Waals surface area contributed by atoms with E-state index in [0.29, 0.717) is 6.54 Å². The second-order valence-corrected chi connectivity index (χ2v) is 4.90. The fraction of sp³-hybridized carbons (Fsp3) is 0.417. The van der Waals surface area contributed by atoms with Crippen LogP contribution in [0.5, 0.6) is 5.75 Å². The Bertz CT molecular complexity index is 441. The molecule has 1 aliphatic heterocycles. The van der Waals surface area contributed by atoms with Crippen LogP contribution in [0.3, 0.4) is 0 Å². The molecule has 1 aliphatic rings. The van der Waals surface area contributed by atoms with Crippen LogP contribution in [-0.4, -0.2) is 24.6 Å². The van der Waals surface area contributed by atoms with Gasteiger partial charge in [-0.3, -0.25) is 4.79 Å². The second-order valence-electron chi connectivity index (χ2n) is 4.90. The fourth-order valence-electron chi connectivity index (χ4n) is 1.98. The Morgan fingerprint density at radius 3 is 2.81 bits per heavy atom. The van der Waals surface area contributed by atoms with E-state index in [1.165, 1.54) is 0 Å². The van der Waals surface area contributed by atoms with Crippen molar-refractivity contribution >= 4 is 17.3 Å². The van der Waals surface area contributed by atoms with E-state index in [9.17, 15) is 9.90 Å². The maximum Gasteiger partial charge on any atom is 0.231 e. The van der Waals surface area contributed by atoms with Gasteiger partial charge in [0.2, 0.25) is 5.91 Å². The van der Waals surface area contributed by atoms with Crippen molar-refractivity contribution in [1.29, 1.82) is 0 Å². The van der Waals surface area contributed by atoms with Crippen LogP contribution in [0.15, 0.2) is 18.2 Å². The van der Waals surface area contributed by atoms with Crippen LogP contribution >= 0.6 is 0 Å². The molecule has 0 aromatic heterocycles. The van der Waals surface area contributed by atoms with E-state index in [4.69, 9.17) is 0 Å². The van der Waals surface area contributed by atoms with Crippen molar-refractivity contribution in [2.24, 2.45) is 5.41 Å². The Labute approximate surface area is 94.9 Å². The van der Waals surface area contributed by atoms with Gasteiger partial charge >= 0.3 is 0 Å². The molecular formula is C12H16N2O2. The third-order valence-corrected chi connectivity index (χ3v) is 2.89. The minimum atomic E-state index is -0.441. The first-order chi connectivity index (χ1) is 7.40. The normalized spacial score (nSPS) is 18.7. The summed E-state index contributed by atoms with van der Waals surface area (Å²) in [6.07, 6.45) is 0. The van der Waals surface area contributed by atoms with Gasteiger partial charge in [0.1, 0.15) is 5.75 Å². The van der Waals surface area contributed by atoms with Crippen molar-refractivity contribution < 1.29 is 9.90 Å². The zero-order valence-electron chi connectivity index (χ0n) is 9.74. The highest BCUT2D eigenvalue weighted by Crippen LogP contribution is 2.35. The smallest absolute Gasteiger partial charge is 0.231 e. The first-order valence-corrected chi connectivity index (χ1v) is 5.26. The molecule has 2 N–H and O–H groups in total. The Balaban J connectivity index is 2.49. The molecule has 4 heteroatoms. The van der Waals surface area contributed by atoms with Crippen molar-refractivity contribution in [3.05, 3.63) is 18.2 Å². The zero-order chi connectivity index (χ0) is 11.9. The number of nitrogens with one attached hydrogen (secondary N) is 1. The number of anilines is 2. The maximum absolute atomic E-state index is 11.9. The number of amides is 1. The molecule has 16 heavy (non-hydrogen) atoms. The first kappa shape index (κ1) is 10.8. The Morgan fingerprint density at radius 2 is 2.12 bits per heavy atom. The van der Waals surface area contributed by atoms with Crippen molar-refractivity contribution in [3.8, 4) is 5.75 Å².